The second kappa shape index (κ2) is 5.98. The Morgan fingerprint density at radius 2 is 2.17 bits per heavy atom. The number of benzene rings is 1. The van der Waals surface area contributed by atoms with Crippen LogP contribution in [-0.2, 0) is 4.79 Å². The summed E-state index contributed by atoms with van der Waals surface area (Å²) in [6, 6.07) is 11.7. The highest BCUT2D eigenvalue weighted by Crippen LogP contribution is 2.23. The molecule has 0 spiro atoms. The van der Waals surface area contributed by atoms with Gasteiger partial charge in [0, 0.05) is 16.6 Å². The molecule has 4 heteroatoms. The molecule has 1 amide bonds. The van der Waals surface area contributed by atoms with E-state index in [0.29, 0.717) is 0 Å². The first-order chi connectivity index (χ1) is 8.63. The number of aryl methyl sites for hydroxylation is 1. The van der Waals surface area contributed by atoms with Crippen molar-refractivity contribution < 1.29 is 4.79 Å². The van der Waals surface area contributed by atoms with Crippen molar-refractivity contribution in [3.63, 3.8) is 0 Å². The Bertz CT molecular complexity index is 589. The summed E-state index contributed by atoms with van der Waals surface area (Å²) in [5.74, 6) is -0.120. The molecule has 2 rings (SSSR count). The van der Waals surface area contributed by atoms with Gasteiger partial charge in [-0.1, -0.05) is 12.1 Å². The molecule has 1 N–H and O–H groups in total. The number of carbonyl (C=O) groups is 1. The Hall–Kier alpha value is -1.39. The number of nitrogens with one attached hydrogen (secondary N) is 1. The summed E-state index contributed by atoms with van der Waals surface area (Å²) in [6.45, 7) is 1.99. The molecular formula is C14H12BrNOS. The standard InChI is InChI=1S/C14H12BrNOS/c1-10-3-2-4-11(9-10)16-14(17)8-6-12-5-7-13(15)18-12/h2-9H,1H3,(H,16,17). The van der Waals surface area contributed by atoms with Crippen LogP contribution in [0.15, 0.2) is 46.3 Å². The van der Waals surface area contributed by atoms with Crippen molar-refractivity contribution in [1.29, 1.82) is 0 Å². The number of hydrogen-bond donors (Lipinski definition) is 1. The summed E-state index contributed by atoms with van der Waals surface area (Å²) in [4.78, 5) is 12.7. The maximum atomic E-state index is 11.7. The topological polar surface area (TPSA) is 29.1 Å². The van der Waals surface area contributed by atoms with Crippen molar-refractivity contribution in [2.75, 3.05) is 5.32 Å². The SMILES string of the molecule is Cc1cccc(NC(=O)C=Cc2ccc(Br)s2)c1. The summed E-state index contributed by atoms with van der Waals surface area (Å²) in [7, 11) is 0. The van der Waals surface area contributed by atoms with Gasteiger partial charge in [0.1, 0.15) is 0 Å². The molecule has 18 heavy (non-hydrogen) atoms. The molecule has 0 aliphatic rings. The van der Waals surface area contributed by atoms with E-state index in [1.807, 2.05) is 43.3 Å². The number of thiophene rings is 1. The minimum absolute atomic E-state index is 0.120. The van der Waals surface area contributed by atoms with Gasteiger partial charge in [0.15, 0.2) is 0 Å². The lowest BCUT2D eigenvalue weighted by Gasteiger charge is -2.02. The van der Waals surface area contributed by atoms with E-state index in [1.165, 1.54) is 0 Å². The van der Waals surface area contributed by atoms with Crippen molar-refractivity contribution in [2.45, 2.75) is 6.92 Å². The fourth-order valence-corrected chi connectivity index (χ4v) is 2.81. The zero-order valence-electron chi connectivity index (χ0n) is 9.81. The molecule has 0 aliphatic carbocycles. The van der Waals surface area contributed by atoms with Gasteiger partial charge in [-0.15, -0.1) is 11.3 Å². The predicted molar refractivity (Wildman–Crippen MR) is 80.9 cm³/mol. The van der Waals surface area contributed by atoms with Crippen LogP contribution in [0.4, 0.5) is 5.69 Å². The quantitative estimate of drug-likeness (QED) is 0.830. The van der Waals surface area contributed by atoms with Crippen LogP contribution >= 0.6 is 27.3 Å². The molecule has 0 aliphatic heterocycles. The van der Waals surface area contributed by atoms with Crippen LogP contribution in [0.5, 0.6) is 0 Å². The highest BCUT2D eigenvalue weighted by molar-refractivity contribution is 9.11. The van der Waals surface area contributed by atoms with Crippen LogP contribution in [0.25, 0.3) is 6.08 Å². The Morgan fingerprint density at radius 1 is 1.33 bits per heavy atom. The van der Waals surface area contributed by atoms with Crippen molar-refractivity contribution in [3.8, 4) is 0 Å². The van der Waals surface area contributed by atoms with Crippen LogP contribution in [0.3, 0.4) is 0 Å². The summed E-state index contributed by atoms with van der Waals surface area (Å²) in [5.41, 5.74) is 1.94. The van der Waals surface area contributed by atoms with Crippen molar-refractivity contribution in [3.05, 3.63) is 56.7 Å². The third-order valence-corrected chi connectivity index (χ3v) is 3.87. The van der Waals surface area contributed by atoms with E-state index in [0.717, 1.165) is 19.9 Å². The van der Waals surface area contributed by atoms with Gasteiger partial charge in [-0.2, -0.15) is 0 Å². The van der Waals surface area contributed by atoms with Gasteiger partial charge in [-0.25, -0.2) is 0 Å². The van der Waals surface area contributed by atoms with E-state index in [2.05, 4.69) is 21.2 Å². The van der Waals surface area contributed by atoms with E-state index in [-0.39, 0.29) is 5.91 Å². The molecule has 0 atom stereocenters. The Kier molecular flexibility index (Phi) is 4.33. The van der Waals surface area contributed by atoms with Crippen molar-refractivity contribution >= 4 is 44.9 Å². The summed E-state index contributed by atoms with van der Waals surface area (Å²) in [6.07, 6.45) is 3.35. The summed E-state index contributed by atoms with van der Waals surface area (Å²) >= 11 is 4.97. The molecular weight excluding hydrogens is 310 g/mol. The monoisotopic (exact) mass is 321 g/mol. The Balaban J connectivity index is 1.98. The average molecular weight is 322 g/mol. The number of rotatable bonds is 3. The summed E-state index contributed by atoms with van der Waals surface area (Å²) in [5, 5.41) is 2.83. The van der Waals surface area contributed by atoms with Gasteiger partial charge in [-0.05, 0) is 58.8 Å². The van der Waals surface area contributed by atoms with Gasteiger partial charge in [0.2, 0.25) is 5.91 Å². The molecule has 0 saturated carbocycles. The molecule has 2 aromatic rings. The number of carbonyl (C=O) groups excluding carboxylic acids is 1. The largest absolute Gasteiger partial charge is 0.323 e. The van der Waals surface area contributed by atoms with Crippen LogP contribution < -0.4 is 5.32 Å². The molecule has 92 valence electrons. The van der Waals surface area contributed by atoms with Crippen LogP contribution in [0, 0.1) is 6.92 Å². The van der Waals surface area contributed by atoms with Gasteiger partial charge >= 0.3 is 0 Å². The molecule has 1 heterocycles. The van der Waals surface area contributed by atoms with Gasteiger partial charge in [0.25, 0.3) is 0 Å². The third kappa shape index (κ3) is 3.82. The predicted octanol–water partition coefficient (Wildman–Crippen LogP) is 4.47. The van der Waals surface area contributed by atoms with E-state index in [9.17, 15) is 4.79 Å². The second-order valence-corrected chi connectivity index (χ2v) is 6.33. The van der Waals surface area contributed by atoms with Crippen LogP contribution in [-0.4, -0.2) is 5.91 Å². The Morgan fingerprint density at radius 3 is 2.83 bits per heavy atom. The zero-order chi connectivity index (χ0) is 13.0. The maximum absolute atomic E-state index is 11.7. The fraction of sp³-hybridized carbons (Fsp3) is 0.0714. The van der Waals surface area contributed by atoms with Crippen molar-refractivity contribution in [1.82, 2.24) is 0 Å². The maximum Gasteiger partial charge on any atom is 0.248 e. The van der Waals surface area contributed by atoms with Gasteiger partial charge in [-0.3, -0.25) is 4.79 Å². The van der Waals surface area contributed by atoms with E-state index in [4.69, 9.17) is 0 Å². The fourth-order valence-electron chi connectivity index (χ4n) is 1.48. The molecule has 0 fully saturated rings. The van der Waals surface area contributed by atoms with E-state index >= 15 is 0 Å². The van der Waals surface area contributed by atoms with Gasteiger partial charge in [0.05, 0.1) is 3.79 Å². The number of amides is 1. The molecule has 0 bridgehead atoms. The third-order valence-electron chi connectivity index (χ3n) is 2.28. The van der Waals surface area contributed by atoms with E-state index < -0.39 is 0 Å². The van der Waals surface area contributed by atoms with Crippen LogP contribution in [0.1, 0.15) is 10.4 Å². The number of anilines is 1. The Labute approximate surface area is 118 Å². The lowest BCUT2D eigenvalue weighted by atomic mass is 10.2. The highest BCUT2D eigenvalue weighted by Gasteiger charge is 1.98. The van der Waals surface area contributed by atoms with Crippen LogP contribution in [0.2, 0.25) is 0 Å². The zero-order valence-corrected chi connectivity index (χ0v) is 12.2. The number of hydrogen-bond acceptors (Lipinski definition) is 2. The molecule has 0 unspecified atom stereocenters. The minimum Gasteiger partial charge on any atom is -0.323 e. The molecule has 1 aromatic carbocycles. The minimum atomic E-state index is -0.120. The average Bonchev–Trinajstić information content (AvgIpc) is 2.73. The van der Waals surface area contributed by atoms with Crippen molar-refractivity contribution in [2.24, 2.45) is 0 Å². The first-order valence-electron chi connectivity index (χ1n) is 5.44. The normalized spacial score (nSPS) is 10.8. The number of halogens is 1. The molecule has 2 nitrogen and oxygen atoms in total. The van der Waals surface area contributed by atoms with Gasteiger partial charge < -0.3 is 5.32 Å². The second-order valence-electron chi connectivity index (χ2n) is 3.83. The highest BCUT2D eigenvalue weighted by atomic mass is 79.9. The first kappa shape index (κ1) is 13.1. The van der Waals surface area contributed by atoms with E-state index in [1.54, 1.807) is 23.5 Å². The molecule has 0 radical (unpaired) electrons. The smallest absolute Gasteiger partial charge is 0.248 e. The molecule has 1 aromatic heterocycles. The summed E-state index contributed by atoms with van der Waals surface area (Å²) < 4.78 is 1.06. The lowest BCUT2D eigenvalue weighted by Crippen LogP contribution is -2.07. The molecule has 0 saturated heterocycles. The first-order valence-corrected chi connectivity index (χ1v) is 7.05. The lowest BCUT2D eigenvalue weighted by molar-refractivity contribution is -0.111.